The number of methoxy groups -OCH3 is 1. The number of allylic oxidation sites excluding steroid dienone is 2. The van der Waals surface area contributed by atoms with Crippen LogP contribution in [0.5, 0.6) is 5.75 Å². The van der Waals surface area contributed by atoms with E-state index >= 15 is 0 Å². The van der Waals surface area contributed by atoms with Crippen LogP contribution in [0.25, 0.3) is 0 Å². The molecule has 0 unspecified atom stereocenters. The van der Waals surface area contributed by atoms with E-state index in [1.807, 2.05) is 25.1 Å². The third-order valence-electron chi connectivity index (χ3n) is 7.01. The monoisotopic (exact) mass is 474 g/mol. The van der Waals surface area contributed by atoms with E-state index in [1.165, 1.54) is 23.8 Å². The fraction of sp³-hybridized carbons (Fsp3) is 0.286. The van der Waals surface area contributed by atoms with Crippen LogP contribution in [0, 0.1) is 26.7 Å². The highest BCUT2D eigenvalue weighted by Gasteiger charge is 2.39. The van der Waals surface area contributed by atoms with Crippen LogP contribution in [-0.2, 0) is 10.0 Å². The van der Waals surface area contributed by atoms with Crippen molar-refractivity contribution in [3.63, 3.8) is 0 Å². The van der Waals surface area contributed by atoms with Crippen LogP contribution in [0.4, 0.5) is 11.4 Å². The molecule has 3 aromatic rings. The molecule has 0 aromatic heterocycles. The normalized spacial score (nSPS) is 20.9. The fourth-order valence-electron chi connectivity index (χ4n) is 5.25. The first-order valence-electron chi connectivity index (χ1n) is 11.6. The maximum atomic E-state index is 13.3. The van der Waals surface area contributed by atoms with Crippen molar-refractivity contribution in [3.05, 3.63) is 94.6 Å². The summed E-state index contributed by atoms with van der Waals surface area (Å²) in [5, 5.41) is 3.73. The van der Waals surface area contributed by atoms with Gasteiger partial charge >= 0.3 is 0 Å². The molecule has 3 atom stereocenters. The molecule has 2 aliphatic rings. The molecule has 3 aromatic carbocycles. The fourth-order valence-corrected chi connectivity index (χ4v) is 6.34. The predicted octanol–water partition coefficient (Wildman–Crippen LogP) is 6.25. The Labute approximate surface area is 201 Å². The average molecular weight is 475 g/mol. The highest BCUT2D eigenvalue weighted by atomic mass is 32.2. The predicted molar refractivity (Wildman–Crippen MR) is 137 cm³/mol. The van der Waals surface area contributed by atoms with E-state index < -0.39 is 10.0 Å². The molecule has 1 heterocycles. The molecule has 2 N–H and O–H groups in total. The van der Waals surface area contributed by atoms with Crippen molar-refractivity contribution < 1.29 is 13.2 Å². The molecule has 0 radical (unpaired) electrons. The van der Waals surface area contributed by atoms with E-state index in [1.54, 1.807) is 18.2 Å². The van der Waals surface area contributed by atoms with Crippen molar-refractivity contribution in [2.45, 2.75) is 44.0 Å². The second-order valence-electron chi connectivity index (χ2n) is 9.39. The maximum absolute atomic E-state index is 13.3. The van der Waals surface area contributed by atoms with Crippen LogP contribution in [0.3, 0.4) is 0 Å². The van der Waals surface area contributed by atoms with Gasteiger partial charge in [-0.3, -0.25) is 4.72 Å². The van der Waals surface area contributed by atoms with Crippen molar-refractivity contribution in [3.8, 4) is 5.75 Å². The lowest BCUT2D eigenvalue weighted by Crippen LogP contribution is -2.30. The zero-order valence-corrected chi connectivity index (χ0v) is 20.7. The molecular weight excluding hydrogens is 444 g/mol. The second kappa shape index (κ2) is 8.51. The lowest BCUT2D eigenvalue weighted by molar-refractivity contribution is 0.417. The molecule has 5 rings (SSSR count). The van der Waals surface area contributed by atoms with Crippen LogP contribution in [-0.4, -0.2) is 15.5 Å². The van der Waals surface area contributed by atoms with E-state index in [4.69, 9.17) is 4.74 Å². The third kappa shape index (κ3) is 3.96. The number of rotatable bonds is 5. The Morgan fingerprint density at radius 3 is 2.50 bits per heavy atom. The lowest BCUT2D eigenvalue weighted by atomic mass is 9.76. The summed E-state index contributed by atoms with van der Waals surface area (Å²) >= 11 is 0. The van der Waals surface area contributed by atoms with Gasteiger partial charge < -0.3 is 10.1 Å². The number of hydrogen-bond donors (Lipinski definition) is 2. The summed E-state index contributed by atoms with van der Waals surface area (Å²) in [6.07, 6.45) is 5.42. The topological polar surface area (TPSA) is 67.4 Å². The zero-order chi connectivity index (χ0) is 24.0. The number of aryl methyl sites for hydroxylation is 3. The van der Waals surface area contributed by atoms with Gasteiger partial charge in [0, 0.05) is 11.6 Å². The van der Waals surface area contributed by atoms with E-state index in [9.17, 15) is 8.42 Å². The molecule has 0 bridgehead atoms. The van der Waals surface area contributed by atoms with Gasteiger partial charge in [-0.2, -0.15) is 0 Å². The Morgan fingerprint density at radius 1 is 0.941 bits per heavy atom. The van der Waals surface area contributed by atoms with Crippen molar-refractivity contribution in [1.82, 2.24) is 0 Å². The number of ether oxygens (including phenoxy) is 1. The lowest BCUT2D eigenvalue weighted by Gasteiger charge is -2.38. The van der Waals surface area contributed by atoms with Crippen molar-refractivity contribution in [1.29, 1.82) is 0 Å². The zero-order valence-electron chi connectivity index (χ0n) is 19.9. The number of benzene rings is 3. The number of fused-ring (bicyclic) bond motifs is 3. The molecular formula is C28H30N2O3S. The molecule has 0 amide bonds. The number of hydrogen-bond acceptors (Lipinski definition) is 4. The van der Waals surface area contributed by atoms with Gasteiger partial charge in [0.15, 0.2) is 0 Å². The minimum absolute atomic E-state index is 0.171. The van der Waals surface area contributed by atoms with Gasteiger partial charge in [0.05, 0.1) is 23.7 Å². The first kappa shape index (κ1) is 22.5. The van der Waals surface area contributed by atoms with Gasteiger partial charge in [0.1, 0.15) is 5.75 Å². The van der Waals surface area contributed by atoms with E-state index in [2.05, 4.69) is 54.2 Å². The summed E-state index contributed by atoms with van der Waals surface area (Å²) in [5.41, 5.74) is 7.23. The van der Waals surface area contributed by atoms with Crippen LogP contribution in [0.1, 0.15) is 46.2 Å². The molecule has 176 valence electrons. The standard InChI is InChI=1S/C28H30N2O3S/c1-17-8-10-19(3)23(14-17)28-22-7-5-6-21(22)24-16-20(11-12-25(24)29-28)34(31,32)30-26-15-18(2)9-13-27(26)33-4/h5-6,8-16,21-22,28-30H,7H2,1-4H3/t21-,22+,28-/m0/s1. The van der Waals surface area contributed by atoms with Crippen molar-refractivity contribution in [2.24, 2.45) is 5.92 Å². The Balaban J connectivity index is 1.51. The highest BCUT2D eigenvalue weighted by molar-refractivity contribution is 7.92. The van der Waals surface area contributed by atoms with Crippen LogP contribution in [0.2, 0.25) is 0 Å². The molecule has 0 fully saturated rings. The number of sulfonamides is 1. The summed E-state index contributed by atoms with van der Waals surface area (Å²) < 4.78 is 34.7. The summed E-state index contributed by atoms with van der Waals surface area (Å²) in [6, 6.07) is 17.6. The van der Waals surface area contributed by atoms with E-state index in [0.29, 0.717) is 17.4 Å². The van der Waals surface area contributed by atoms with Crippen LogP contribution < -0.4 is 14.8 Å². The van der Waals surface area contributed by atoms with Gasteiger partial charge in [-0.15, -0.1) is 0 Å². The highest BCUT2D eigenvalue weighted by Crippen LogP contribution is 2.50. The molecule has 6 heteroatoms. The van der Waals surface area contributed by atoms with Gasteiger partial charge in [0.2, 0.25) is 0 Å². The van der Waals surface area contributed by atoms with E-state index in [-0.39, 0.29) is 16.9 Å². The second-order valence-corrected chi connectivity index (χ2v) is 11.1. The molecule has 1 aliphatic carbocycles. The molecule has 0 spiro atoms. The summed E-state index contributed by atoms with van der Waals surface area (Å²) in [4.78, 5) is 0.251. The van der Waals surface area contributed by atoms with Crippen molar-refractivity contribution >= 4 is 21.4 Å². The minimum Gasteiger partial charge on any atom is -0.495 e. The Kier molecular flexibility index (Phi) is 5.64. The van der Waals surface area contributed by atoms with Gasteiger partial charge in [-0.1, -0.05) is 42.0 Å². The van der Waals surface area contributed by atoms with Crippen LogP contribution >= 0.6 is 0 Å². The van der Waals surface area contributed by atoms with E-state index in [0.717, 1.165) is 23.2 Å². The molecule has 34 heavy (non-hydrogen) atoms. The maximum Gasteiger partial charge on any atom is 0.262 e. The summed E-state index contributed by atoms with van der Waals surface area (Å²) in [7, 11) is -2.25. The smallest absolute Gasteiger partial charge is 0.262 e. The summed E-state index contributed by atoms with van der Waals surface area (Å²) in [5.74, 6) is 1.00. The Morgan fingerprint density at radius 2 is 1.71 bits per heavy atom. The molecule has 0 saturated heterocycles. The SMILES string of the molecule is COc1ccc(C)cc1NS(=O)(=O)c1ccc2c(c1)[C@H]1C=CC[C@H]1[C@@H](c1cc(C)ccc1C)N2. The third-order valence-corrected chi connectivity index (χ3v) is 8.38. The van der Waals surface area contributed by atoms with Gasteiger partial charge in [-0.25, -0.2) is 8.42 Å². The number of anilines is 2. The van der Waals surface area contributed by atoms with Crippen molar-refractivity contribution in [2.75, 3.05) is 17.1 Å². The Bertz CT molecular complexity index is 1390. The van der Waals surface area contributed by atoms with Gasteiger partial charge in [-0.05, 0) is 85.7 Å². The quantitative estimate of drug-likeness (QED) is 0.429. The first-order valence-corrected chi connectivity index (χ1v) is 13.1. The van der Waals surface area contributed by atoms with Gasteiger partial charge in [0.25, 0.3) is 10.0 Å². The molecule has 5 nitrogen and oxygen atoms in total. The largest absolute Gasteiger partial charge is 0.495 e. The average Bonchev–Trinajstić information content (AvgIpc) is 3.30. The number of nitrogens with one attached hydrogen (secondary N) is 2. The summed E-state index contributed by atoms with van der Waals surface area (Å²) in [6.45, 7) is 6.20. The minimum atomic E-state index is -3.78. The Hall–Kier alpha value is -3.25. The molecule has 0 saturated carbocycles. The molecule has 1 aliphatic heterocycles. The first-order chi connectivity index (χ1) is 16.3. The van der Waals surface area contributed by atoms with Crippen LogP contribution in [0.15, 0.2) is 71.6 Å².